The summed E-state index contributed by atoms with van der Waals surface area (Å²) in [6.45, 7) is 2.13. The number of carboxylic acid groups (broad SMARTS) is 1. The largest absolute Gasteiger partial charge is 0.481 e. The maximum Gasteiger partial charge on any atom is 0.303 e. The number of rotatable bonds is 8. The van der Waals surface area contributed by atoms with Crippen LogP contribution in [-0.2, 0) is 4.79 Å². The Hall–Kier alpha value is -0.570. The van der Waals surface area contributed by atoms with E-state index in [4.69, 9.17) is 5.11 Å². The highest BCUT2D eigenvalue weighted by atomic mass is 16.4. The van der Waals surface area contributed by atoms with Crippen LogP contribution in [0.5, 0.6) is 0 Å². The third-order valence-corrected chi connectivity index (χ3v) is 3.86. The molecule has 1 saturated carbocycles. The van der Waals surface area contributed by atoms with Gasteiger partial charge in [0, 0.05) is 6.42 Å². The van der Waals surface area contributed by atoms with Crippen LogP contribution in [0.2, 0.25) is 0 Å². The fraction of sp³-hybridized carbons (Fsp3) is 0.923. The number of hydrogen-bond donors (Lipinski definition) is 2. The van der Waals surface area contributed by atoms with Crippen molar-refractivity contribution in [1.82, 2.24) is 0 Å². The smallest absolute Gasteiger partial charge is 0.303 e. The number of aliphatic carboxylic acids is 1. The number of hydrogen-bond acceptors (Lipinski definition) is 2. The molecule has 0 heterocycles. The van der Waals surface area contributed by atoms with Crippen molar-refractivity contribution in [2.24, 2.45) is 11.8 Å². The molecule has 0 amide bonds. The van der Waals surface area contributed by atoms with Crippen LogP contribution in [0.1, 0.15) is 58.3 Å². The van der Waals surface area contributed by atoms with E-state index < -0.39 is 5.97 Å². The van der Waals surface area contributed by atoms with E-state index in [9.17, 15) is 9.90 Å². The van der Waals surface area contributed by atoms with E-state index in [2.05, 4.69) is 6.92 Å². The molecule has 16 heavy (non-hydrogen) atoms. The predicted octanol–water partition coefficient (Wildman–Crippen LogP) is 2.82. The van der Waals surface area contributed by atoms with Crippen LogP contribution >= 0.6 is 0 Å². The van der Waals surface area contributed by atoms with Crippen LogP contribution in [0.15, 0.2) is 0 Å². The molecule has 3 heteroatoms. The zero-order chi connectivity index (χ0) is 12.0. The molecule has 2 N–H and O–H groups in total. The van der Waals surface area contributed by atoms with Gasteiger partial charge < -0.3 is 10.2 Å². The molecule has 0 aromatic carbocycles. The maximum absolute atomic E-state index is 10.3. The Kier molecular flexibility index (Phi) is 5.81. The van der Waals surface area contributed by atoms with Gasteiger partial charge in [-0.3, -0.25) is 4.79 Å². The van der Waals surface area contributed by atoms with E-state index >= 15 is 0 Å². The number of aliphatic hydroxyl groups is 1. The van der Waals surface area contributed by atoms with Gasteiger partial charge in [-0.15, -0.1) is 0 Å². The van der Waals surface area contributed by atoms with Crippen molar-refractivity contribution in [2.75, 3.05) is 0 Å². The number of carbonyl (C=O) groups is 1. The first-order chi connectivity index (χ1) is 7.61. The van der Waals surface area contributed by atoms with Gasteiger partial charge in [-0.25, -0.2) is 0 Å². The first kappa shape index (κ1) is 13.5. The number of carboxylic acids is 1. The summed E-state index contributed by atoms with van der Waals surface area (Å²) in [6.07, 6.45) is 7.91. The van der Waals surface area contributed by atoms with Crippen molar-refractivity contribution in [3.05, 3.63) is 0 Å². The van der Waals surface area contributed by atoms with Crippen LogP contribution in [-0.4, -0.2) is 22.3 Å². The lowest BCUT2D eigenvalue weighted by molar-refractivity contribution is -0.137. The predicted molar refractivity (Wildman–Crippen MR) is 63.2 cm³/mol. The highest BCUT2D eigenvalue weighted by Gasteiger charge is 2.35. The Balaban J connectivity index is 1.84. The third-order valence-electron chi connectivity index (χ3n) is 3.86. The van der Waals surface area contributed by atoms with E-state index in [1.54, 1.807) is 0 Å². The molecule has 0 aliphatic heterocycles. The van der Waals surface area contributed by atoms with E-state index in [0.717, 1.165) is 31.6 Å². The molecule has 3 atom stereocenters. The lowest BCUT2D eigenvalue weighted by Crippen LogP contribution is -2.38. The lowest BCUT2D eigenvalue weighted by Gasteiger charge is -2.39. The molecule has 1 unspecified atom stereocenters. The zero-order valence-electron chi connectivity index (χ0n) is 10.2. The molecule has 94 valence electrons. The van der Waals surface area contributed by atoms with Crippen LogP contribution < -0.4 is 0 Å². The van der Waals surface area contributed by atoms with Crippen molar-refractivity contribution in [2.45, 2.75) is 64.4 Å². The molecule has 3 nitrogen and oxygen atoms in total. The summed E-state index contributed by atoms with van der Waals surface area (Å²) < 4.78 is 0. The minimum atomic E-state index is -0.683. The first-order valence-corrected chi connectivity index (χ1v) is 6.51. The van der Waals surface area contributed by atoms with Crippen molar-refractivity contribution < 1.29 is 15.0 Å². The summed E-state index contributed by atoms with van der Waals surface area (Å²) in [6, 6.07) is 0. The van der Waals surface area contributed by atoms with E-state index in [0.29, 0.717) is 12.3 Å². The van der Waals surface area contributed by atoms with Crippen molar-refractivity contribution in [1.29, 1.82) is 0 Å². The SMILES string of the molecule is C[C@H]1C(O)C[C@H]1CCCCCCCC(=O)O. The van der Waals surface area contributed by atoms with Crippen molar-refractivity contribution >= 4 is 5.97 Å². The van der Waals surface area contributed by atoms with Crippen LogP contribution in [0, 0.1) is 11.8 Å². The highest BCUT2D eigenvalue weighted by Crippen LogP contribution is 2.37. The van der Waals surface area contributed by atoms with Crippen LogP contribution in [0.3, 0.4) is 0 Å². The van der Waals surface area contributed by atoms with Crippen LogP contribution in [0.25, 0.3) is 0 Å². The normalized spacial score (nSPS) is 28.8. The van der Waals surface area contributed by atoms with Gasteiger partial charge in [0.25, 0.3) is 0 Å². The van der Waals surface area contributed by atoms with Gasteiger partial charge in [-0.1, -0.05) is 39.0 Å². The average molecular weight is 228 g/mol. The van der Waals surface area contributed by atoms with E-state index in [1.807, 2.05) is 0 Å². The fourth-order valence-electron chi connectivity index (χ4n) is 2.45. The first-order valence-electron chi connectivity index (χ1n) is 6.51. The minimum Gasteiger partial charge on any atom is -0.481 e. The molecule has 0 aromatic heterocycles. The highest BCUT2D eigenvalue weighted by molar-refractivity contribution is 5.66. The quantitative estimate of drug-likeness (QED) is 0.628. The van der Waals surface area contributed by atoms with Crippen LogP contribution in [0.4, 0.5) is 0 Å². The van der Waals surface area contributed by atoms with Gasteiger partial charge in [0.2, 0.25) is 0 Å². The molecule has 0 aromatic rings. The van der Waals surface area contributed by atoms with Gasteiger partial charge in [-0.05, 0) is 24.7 Å². The molecule has 0 saturated heterocycles. The second-order valence-electron chi connectivity index (χ2n) is 5.12. The molecular formula is C13H24O3. The monoisotopic (exact) mass is 228 g/mol. The second-order valence-corrected chi connectivity index (χ2v) is 5.12. The third kappa shape index (κ3) is 4.52. The summed E-state index contributed by atoms with van der Waals surface area (Å²) in [5, 5.41) is 17.8. The molecule has 0 bridgehead atoms. The summed E-state index contributed by atoms with van der Waals surface area (Å²) in [7, 11) is 0. The zero-order valence-corrected chi connectivity index (χ0v) is 10.2. The molecule has 0 radical (unpaired) electrons. The Labute approximate surface area is 97.9 Å². The topological polar surface area (TPSA) is 57.5 Å². The van der Waals surface area contributed by atoms with E-state index in [1.165, 1.54) is 19.3 Å². The molecule has 1 aliphatic rings. The second kappa shape index (κ2) is 6.89. The minimum absolute atomic E-state index is 0.0550. The number of aliphatic hydroxyl groups excluding tert-OH is 1. The Morgan fingerprint density at radius 3 is 2.38 bits per heavy atom. The molecule has 0 spiro atoms. The van der Waals surface area contributed by atoms with Gasteiger partial charge in [0.1, 0.15) is 0 Å². The summed E-state index contributed by atoms with van der Waals surface area (Å²) >= 11 is 0. The molecular weight excluding hydrogens is 204 g/mol. The Morgan fingerprint density at radius 2 is 1.81 bits per heavy atom. The van der Waals surface area contributed by atoms with Crippen molar-refractivity contribution in [3.63, 3.8) is 0 Å². The molecule has 1 rings (SSSR count). The Morgan fingerprint density at radius 1 is 1.19 bits per heavy atom. The fourth-order valence-corrected chi connectivity index (χ4v) is 2.45. The summed E-state index contributed by atoms with van der Waals surface area (Å²) in [5.74, 6) is 0.540. The standard InChI is InChI=1S/C13H24O3/c1-10-11(9-12(10)14)7-5-3-2-4-6-8-13(15)16/h10-12,14H,2-9H2,1H3,(H,15,16)/t10-,11-,12?/m1/s1. The van der Waals surface area contributed by atoms with E-state index in [-0.39, 0.29) is 6.10 Å². The molecule has 1 aliphatic carbocycles. The number of unbranched alkanes of at least 4 members (excludes halogenated alkanes) is 4. The lowest BCUT2D eigenvalue weighted by atomic mass is 9.70. The Bertz CT molecular complexity index is 215. The summed E-state index contributed by atoms with van der Waals surface area (Å²) in [5.41, 5.74) is 0. The maximum atomic E-state index is 10.3. The van der Waals surface area contributed by atoms with Gasteiger partial charge in [0.05, 0.1) is 6.10 Å². The van der Waals surface area contributed by atoms with Crippen molar-refractivity contribution in [3.8, 4) is 0 Å². The van der Waals surface area contributed by atoms with Gasteiger partial charge in [-0.2, -0.15) is 0 Å². The average Bonchev–Trinajstić information content (AvgIpc) is 2.25. The molecule has 1 fully saturated rings. The van der Waals surface area contributed by atoms with Gasteiger partial charge >= 0.3 is 5.97 Å². The van der Waals surface area contributed by atoms with Gasteiger partial charge in [0.15, 0.2) is 0 Å². The summed E-state index contributed by atoms with van der Waals surface area (Å²) in [4.78, 5) is 10.3.